The highest BCUT2D eigenvalue weighted by molar-refractivity contribution is 9.10. The largest absolute Gasteiger partial charge is 0.507 e. The van der Waals surface area contributed by atoms with Gasteiger partial charge in [0.2, 0.25) is 0 Å². The number of allylic oxidation sites excluding steroid dienone is 1. The second-order valence-corrected chi connectivity index (χ2v) is 8.53. The molecule has 0 spiro atoms. The van der Waals surface area contributed by atoms with Crippen molar-refractivity contribution in [3.05, 3.63) is 63.3 Å². The quantitative estimate of drug-likeness (QED) is 0.128. The number of urea groups is 1. The van der Waals surface area contributed by atoms with E-state index in [-0.39, 0.29) is 17.9 Å². The average molecular weight is 563 g/mol. The second kappa shape index (κ2) is 12.3. The van der Waals surface area contributed by atoms with Crippen molar-refractivity contribution in [2.75, 3.05) is 20.3 Å². The maximum atomic E-state index is 12.3. The van der Waals surface area contributed by atoms with Gasteiger partial charge in [0.25, 0.3) is 0 Å². The fraction of sp³-hybridized carbons (Fsp3) is 0.292. The van der Waals surface area contributed by atoms with E-state index in [9.17, 15) is 19.8 Å². The zero-order valence-corrected chi connectivity index (χ0v) is 21.5. The number of rotatable bonds is 10. The summed E-state index contributed by atoms with van der Waals surface area (Å²) in [6.45, 7) is 3.58. The van der Waals surface area contributed by atoms with Gasteiger partial charge in [-0.15, -0.1) is 0 Å². The van der Waals surface area contributed by atoms with Gasteiger partial charge < -0.3 is 35.1 Å². The van der Waals surface area contributed by atoms with Crippen molar-refractivity contribution in [1.29, 1.82) is 0 Å². The molecular formula is C24H27BrN4O7. The summed E-state index contributed by atoms with van der Waals surface area (Å²) in [5, 5.41) is 29.3. The molecular weight excluding hydrogens is 536 g/mol. The lowest BCUT2D eigenvalue weighted by Crippen LogP contribution is -2.45. The van der Waals surface area contributed by atoms with Crippen LogP contribution >= 0.6 is 15.9 Å². The molecule has 1 aliphatic heterocycles. The van der Waals surface area contributed by atoms with E-state index in [4.69, 9.17) is 14.2 Å². The van der Waals surface area contributed by atoms with Crippen molar-refractivity contribution in [1.82, 2.24) is 16.1 Å². The normalized spacial score (nSPS) is 16.2. The molecule has 1 heterocycles. The van der Waals surface area contributed by atoms with Crippen LogP contribution in [0.1, 0.15) is 31.0 Å². The first-order valence-corrected chi connectivity index (χ1v) is 11.7. The molecule has 0 saturated carbocycles. The lowest BCUT2D eigenvalue weighted by molar-refractivity contribution is -0.136. The predicted molar refractivity (Wildman–Crippen MR) is 135 cm³/mol. The molecule has 11 nitrogen and oxygen atoms in total. The molecule has 0 radical (unpaired) electrons. The SMILES string of the molecule is CCOc1cc([C@@H]2NC(=O)NC(C)=C2C(=O)OC)ccc1OC[C@@H](O)N/N=C/c1cc(Br)ccc1O. The number of hydrazone groups is 1. The Hall–Kier alpha value is -3.77. The summed E-state index contributed by atoms with van der Waals surface area (Å²) in [6.07, 6.45) is 0.204. The Labute approximate surface area is 216 Å². The van der Waals surface area contributed by atoms with Crippen LogP contribution in [-0.4, -0.2) is 55.0 Å². The Kier molecular flexibility index (Phi) is 9.14. The molecule has 1 aliphatic rings. The van der Waals surface area contributed by atoms with Crippen LogP contribution in [-0.2, 0) is 9.53 Å². The van der Waals surface area contributed by atoms with Crippen LogP contribution in [0.25, 0.3) is 0 Å². The first kappa shape index (κ1) is 26.8. The summed E-state index contributed by atoms with van der Waals surface area (Å²) in [4.78, 5) is 24.4. The number of carbonyl (C=O) groups excluding carboxylic acids is 2. The van der Waals surface area contributed by atoms with Gasteiger partial charge in [0.15, 0.2) is 17.7 Å². The fourth-order valence-corrected chi connectivity index (χ4v) is 3.82. The minimum Gasteiger partial charge on any atom is -0.507 e. The maximum Gasteiger partial charge on any atom is 0.337 e. The molecule has 0 fully saturated rings. The smallest absolute Gasteiger partial charge is 0.337 e. The van der Waals surface area contributed by atoms with E-state index in [1.165, 1.54) is 19.4 Å². The Morgan fingerprint density at radius 1 is 1.25 bits per heavy atom. The van der Waals surface area contributed by atoms with Gasteiger partial charge in [-0.2, -0.15) is 5.10 Å². The number of aliphatic hydroxyl groups excluding tert-OH is 1. The number of aromatic hydroxyl groups is 1. The zero-order chi connectivity index (χ0) is 26.2. The molecule has 5 N–H and O–H groups in total. The van der Waals surface area contributed by atoms with Gasteiger partial charge in [0.1, 0.15) is 12.4 Å². The molecule has 2 amide bonds. The number of hydrogen-bond acceptors (Lipinski definition) is 9. The lowest BCUT2D eigenvalue weighted by atomic mass is 9.95. The number of methoxy groups -OCH3 is 1. The second-order valence-electron chi connectivity index (χ2n) is 7.62. The zero-order valence-electron chi connectivity index (χ0n) is 19.9. The third-order valence-electron chi connectivity index (χ3n) is 5.09. The summed E-state index contributed by atoms with van der Waals surface area (Å²) in [5.41, 5.74) is 4.21. The van der Waals surface area contributed by atoms with Crippen LogP contribution in [0.5, 0.6) is 17.2 Å². The Bertz CT molecular complexity index is 1190. The third kappa shape index (κ3) is 6.67. The number of ether oxygens (including phenoxy) is 3. The monoisotopic (exact) mass is 562 g/mol. The average Bonchev–Trinajstić information content (AvgIpc) is 2.84. The van der Waals surface area contributed by atoms with Crippen molar-refractivity contribution >= 4 is 34.1 Å². The molecule has 2 aromatic carbocycles. The highest BCUT2D eigenvalue weighted by Crippen LogP contribution is 2.35. The van der Waals surface area contributed by atoms with Crippen LogP contribution in [0.4, 0.5) is 4.79 Å². The molecule has 12 heteroatoms. The molecule has 0 bridgehead atoms. The van der Waals surface area contributed by atoms with Crippen molar-refractivity contribution in [2.45, 2.75) is 26.1 Å². The van der Waals surface area contributed by atoms with Crippen LogP contribution < -0.4 is 25.5 Å². The van der Waals surface area contributed by atoms with Crippen molar-refractivity contribution in [3.63, 3.8) is 0 Å². The first-order valence-electron chi connectivity index (χ1n) is 10.9. The minimum absolute atomic E-state index is 0.0428. The summed E-state index contributed by atoms with van der Waals surface area (Å²) in [6, 6.07) is 8.63. The summed E-state index contributed by atoms with van der Waals surface area (Å²) in [5.74, 6) is 0.172. The van der Waals surface area contributed by atoms with Gasteiger partial charge in [-0.25, -0.2) is 9.59 Å². The number of phenols is 1. The number of amides is 2. The van der Waals surface area contributed by atoms with Crippen molar-refractivity contribution < 1.29 is 34.0 Å². The Balaban J connectivity index is 1.72. The third-order valence-corrected chi connectivity index (χ3v) is 5.58. The van der Waals surface area contributed by atoms with E-state index < -0.39 is 24.3 Å². The molecule has 2 atom stereocenters. The fourth-order valence-electron chi connectivity index (χ4n) is 3.44. The highest BCUT2D eigenvalue weighted by atomic mass is 79.9. The van der Waals surface area contributed by atoms with Gasteiger partial charge in [0.05, 0.1) is 31.5 Å². The number of nitrogens with one attached hydrogen (secondary N) is 3. The van der Waals surface area contributed by atoms with Crippen LogP contribution in [0.3, 0.4) is 0 Å². The van der Waals surface area contributed by atoms with E-state index in [2.05, 4.69) is 37.1 Å². The number of benzene rings is 2. The number of nitrogens with zero attached hydrogens (tertiary/aromatic N) is 1. The van der Waals surface area contributed by atoms with Crippen molar-refractivity contribution in [3.8, 4) is 17.2 Å². The number of hydrogen-bond donors (Lipinski definition) is 5. The molecule has 192 valence electrons. The van der Waals surface area contributed by atoms with Gasteiger partial charge >= 0.3 is 12.0 Å². The van der Waals surface area contributed by atoms with Crippen molar-refractivity contribution in [2.24, 2.45) is 5.10 Å². The van der Waals surface area contributed by atoms with Gasteiger partial charge in [0, 0.05) is 15.7 Å². The number of carbonyl (C=O) groups is 2. The van der Waals surface area contributed by atoms with E-state index in [1.807, 2.05) is 0 Å². The molecule has 0 aliphatic carbocycles. The van der Waals surface area contributed by atoms with Crippen LogP contribution in [0.15, 0.2) is 57.2 Å². The molecule has 0 aromatic heterocycles. The van der Waals surface area contributed by atoms with E-state index in [0.29, 0.717) is 34.9 Å². The molecule has 36 heavy (non-hydrogen) atoms. The predicted octanol–water partition coefficient (Wildman–Crippen LogP) is 2.68. The van der Waals surface area contributed by atoms with E-state index in [1.54, 1.807) is 44.2 Å². The van der Waals surface area contributed by atoms with E-state index >= 15 is 0 Å². The van der Waals surface area contributed by atoms with Crippen LogP contribution in [0, 0.1) is 0 Å². The Morgan fingerprint density at radius 2 is 2.03 bits per heavy atom. The van der Waals surface area contributed by atoms with Crippen LogP contribution in [0.2, 0.25) is 0 Å². The topological polar surface area (TPSA) is 151 Å². The number of esters is 1. The first-order chi connectivity index (χ1) is 17.2. The molecule has 3 rings (SSSR count). The van der Waals surface area contributed by atoms with Gasteiger partial charge in [-0.3, -0.25) is 5.43 Å². The summed E-state index contributed by atoms with van der Waals surface area (Å²) in [7, 11) is 1.27. The van der Waals surface area contributed by atoms with E-state index in [0.717, 1.165) is 4.47 Å². The number of phenolic OH excluding ortho intramolecular Hbond substituents is 1. The number of aliphatic hydroxyl groups is 1. The minimum atomic E-state index is -1.16. The molecule has 0 unspecified atom stereocenters. The van der Waals surface area contributed by atoms with Gasteiger partial charge in [-0.05, 0) is 49.7 Å². The molecule has 0 saturated heterocycles. The summed E-state index contributed by atoms with van der Waals surface area (Å²) >= 11 is 3.31. The molecule has 2 aromatic rings. The standard InChI is InChI=1S/C24H27BrN4O7/c1-4-35-19-10-14(22-21(23(32)34-3)13(2)27-24(33)28-22)5-8-18(19)36-12-20(31)29-26-11-15-9-16(25)6-7-17(15)30/h5-11,20,22,29-31H,4,12H2,1-3H3,(H2,27,28,33)/b26-11+/t20-,22+/m1/s1. The summed E-state index contributed by atoms with van der Waals surface area (Å²) < 4.78 is 17.0. The maximum absolute atomic E-state index is 12.3. The highest BCUT2D eigenvalue weighted by Gasteiger charge is 2.32. The Morgan fingerprint density at radius 3 is 2.75 bits per heavy atom. The van der Waals surface area contributed by atoms with Gasteiger partial charge in [-0.1, -0.05) is 22.0 Å². The lowest BCUT2D eigenvalue weighted by Gasteiger charge is -2.28. The number of halogens is 1.